The number of hydrogen-bond donors (Lipinski definition) is 1. The molecular formula is C14H18ClN3. The van der Waals surface area contributed by atoms with Gasteiger partial charge in [0.15, 0.2) is 0 Å². The molecule has 0 saturated heterocycles. The Morgan fingerprint density at radius 1 is 1.50 bits per heavy atom. The minimum absolute atomic E-state index is 0.404. The molecule has 1 saturated carbocycles. The summed E-state index contributed by atoms with van der Waals surface area (Å²) >= 11 is 6.10. The topological polar surface area (TPSA) is 43.8 Å². The lowest BCUT2D eigenvalue weighted by atomic mass is 10.1. The van der Waals surface area contributed by atoms with E-state index in [1.54, 1.807) is 0 Å². The molecule has 18 heavy (non-hydrogen) atoms. The Morgan fingerprint density at radius 3 is 2.94 bits per heavy atom. The van der Waals surface area contributed by atoms with Crippen molar-refractivity contribution in [2.24, 2.45) is 5.73 Å². The van der Waals surface area contributed by atoms with Crippen LogP contribution in [0.5, 0.6) is 0 Å². The number of imidazole rings is 1. The number of fused-ring (bicyclic) bond motifs is 1. The molecule has 0 aliphatic heterocycles. The minimum Gasteiger partial charge on any atom is -0.330 e. The van der Waals surface area contributed by atoms with Crippen LogP contribution in [0.3, 0.4) is 0 Å². The molecule has 1 atom stereocenters. The van der Waals surface area contributed by atoms with Crippen LogP contribution in [0.2, 0.25) is 5.02 Å². The van der Waals surface area contributed by atoms with Crippen molar-refractivity contribution in [3.63, 3.8) is 0 Å². The summed E-state index contributed by atoms with van der Waals surface area (Å²) in [6.45, 7) is 2.91. The fraction of sp³-hybridized carbons (Fsp3) is 0.500. The number of hydrogen-bond acceptors (Lipinski definition) is 2. The molecule has 3 nitrogen and oxygen atoms in total. The first-order valence-corrected chi connectivity index (χ1v) is 6.96. The van der Waals surface area contributed by atoms with E-state index in [0.29, 0.717) is 18.5 Å². The van der Waals surface area contributed by atoms with Crippen LogP contribution in [0.1, 0.15) is 44.0 Å². The molecule has 0 bridgehead atoms. The van der Waals surface area contributed by atoms with Gasteiger partial charge in [0.2, 0.25) is 0 Å². The number of aromatic nitrogens is 2. The summed E-state index contributed by atoms with van der Waals surface area (Å²) in [6.07, 6.45) is 3.48. The van der Waals surface area contributed by atoms with Crippen LogP contribution in [0.15, 0.2) is 18.2 Å². The van der Waals surface area contributed by atoms with Gasteiger partial charge in [-0.25, -0.2) is 4.98 Å². The highest BCUT2D eigenvalue weighted by Gasteiger charge is 2.29. The molecule has 2 N–H and O–H groups in total. The second-order valence-corrected chi connectivity index (χ2v) is 5.62. The summed E-state index contributed by atoms with van der Waals surface area (Å²) in [7, 11) is 0. The third kappa shape index (κ3) is 2.02. The summed E-state index contributed by atoms with van der Waals surface area (Å²) < 4.78 is 2.38. The highest BCUT2D eigenvalue weighted by Crippen LogP contribution is 2.41. The van der Waals surface area contributed by atoms with Crippen LogP contribution in [0.25, 0.3) is 11.0 Å². The van der Waals surface area contributed by atoms with Gasteiger partial charge in [-0.15, -0.1) is 0 Å². The number of halogens is 1. The van der Waals surface area contributed by atoms with Crippen molar-refractivity contribution < 1.29 is 0 Å². The lowest BCUT2D eigenvalue weighted by Crippen LogP contribution is -2.10. The number of nitrogens with zero attached hydrogens (tertiary/aromatic N) is 2. The van der Waals surface area contributed by atoms with Crippen molar-refractivity contribution in [1.29, 1.82) is 0 Å². The van der Waals surface area contributed by atoms with E-state index < -0.39 is 0 Å². The van der Waals surface area contributed by atoms with Gasteiger partial charge in [0.1, 0.15) is 5.82 Å². The van der Waals surface area contributed by atoms with E-state index in [4.69, 9.17) is 22.3 Å². The van der Waals surface area contributed by atoms with Gasteiger partial charge in [-0.05, 0) is 44.0 Å². The van der Waals surface area contributed by atoms with Crippen LogP contribution in [0, 0.1) is 0 Å². The van der Waals surface area contributed by atoms with Crippen molar-refractivity contribution in [3.8, 4) is 0 Å². The lowest BCUT2D eigenvalue weighted by Gasteiger charge is -2.13. The molecule has 3 rings (SSSR count). The average Bonchev–Trinajstić information content (AvgIpc) is 3.10. The molecule has 0 radical (unpaired) electrons. The zero-order valence-corrected chi connectivity index (χ0v) is 11.3. The Morgan fingerprint density at radius 2 is 2.28 bits per heavy atom. The maximum Gasteiger partial charge on any atom is 0.113 e. The first kappa shape index (κ1) is 12.0. The maximum atomic E-state index is 6.10. The molecule has 1 heterocycles. The van der Waals surface area contributed by atoms with Gasteiger partial charge in [0.05, 0.1) is 11.0 Å². The van der Waals surface area contributed by atoms with Crippen LogP contribution in [-0.2, 0) is 0 Å². The third-order valence-corrected chi connectivity index (χ3v) is 3.87. The molecule has 1 unspecified atom stereocenters. The number of rotatable bonds is 4. The first-order chi connectivity index (χ1) is 8.70. The molecule has 96 valence electrons. The van der Waals surface area contributed by atoms with Crippen LogP contribution in [0.4, 0.5) is 0 Å². The highest BCUT2D eigenvalue weighted by molar-refractivity contribution is 6.31. The van der Waals surface area contributed by atoms with Crippen LogP contribution in [-0.4, -0.2) is 16.1 Å². The van der Waals surface area contributed by atoms with E-state index in [1.165, 1.54) is 24.2 Å². The zero-order valence-electron chi connectivity index (χ0n) is 10.6. The normalized spacial score (nSPS) is 17.3. The predicted octanol–water partition coefficient (Wildman–Crippen LogP) is 3.48. The van der Waals surface area contributed by atoms with Crippen molar-refractivity contribution in [1.82, 2.24) is 9.55 Å². The maximum absolute atomic E-state index is 6.10. The van der Waals surface area contributed by atoms with Crippen LogP contribution < -0.4 is 5.73 Å². The quantitative estimate of drug-likeness (QED) is 0.918. The lowest BCUT2D eigenvalue weighted by molar-refractivity contribution is 0.593. The molecular weight excluding hydrogens is 246 g/mol. The van der Waals surface area contributed by atoms with Gasteiger partial charge in [0.25, 0.3) is 0 Å². The molecule has 1 fully saturated rings. The standard InChI is InChI=1S/C14H18ClN3/c1-9(6-7-16)14-17-12-5-2-10(15)8-13(12)18(14)11-3-4-11/h2,5,8-9,11H,3-4,6-7,16H2,1H3. The first-order valence-electron chi connectivity index (χ1n) is 6.58. The van der Waals surface area contributed by atoms with Gasteiger partial charge >= 0.3 is 0 Å². The van der Waals surface area contributed by atoms with Crippen molar-refractivity contribution in [3.05, 3.63) is 29.0 Å². The molecule has 0 spiro atoms. The van der Waals surface area contributed by atoms with Crippen LogP contribution >= 0.6 is 11.6 Å². The number of nitrogens with two attached hydrogens (primary N) is 1. The fourth-order valence-corrected chi connectivity index (χ4v) is 2.69. The summed E-state index contributed by atoms with van der Waals surface area (Å²) in [5.74, 6) is 1.57. The Labute approximate surface area is 112 Å². The van der Waals surface area contributed by atoms with E-state index in [0.717, 1.165) is 17.0 Å². The van der Waals surface area contributed by atoms with Gasteiger partial charge in [-0.2, -0.15) is 0 Å². The second kappa shape index (κ2) is 4.56. The Hall–Kier alpha value is -1.06. The molecule has 2 aromatic rings. The summed E-state index contributed by atoms with van der Waals surface area (Å²) in [5, 5.41) is 0.780. The second-order valence-electron chi connectivity index (χ2n) is 5.18. The largest absolute Gasteiger partial charge is 0.330 e. The number of benzene rings is 1. The Bertz CT molecular complexity index is 572. The monoisotopic (exact) mass is 263 g/mol. The predicted molar refractivity (Wildman–Crippen MR) is 75.1 cm³/mol. The van der Waals surface area contributed by atoms with E-state index >= 15 is 0 Å². The van der Waals surface area contributed by atoms with E-state index in [2.05, 4.69) is 11.5 Å². The molecule has 0 amide bonds. The minimum atomic E-state index is 0.404. The van der Waals surface area contributed by atoms with E-state index in [-0.39, 0.29) is 0 Å². The van der Waals surface area contributed by atoms with Gasteiger partial charge in [-0.3, -0.25) is 0 Å². The van der Waals surface area contributed by atoms with Gasteiger partial charge in [0, 0.05) is 17.0 Å². The van der Waals surface area contributed by atoms with E-state index in [9.17, 15) is 0 Å². The third-order valence-electron chi connectivity index (χ3n) is 3.63. The highest BCUT2D eigenvalue weighted by atomic mass is 35.5. The Kier molecular flexibility index (Phi) is 3.04. The zero-order chi connectivity index (χ0) is 12.7. The molecule has 4 heteroatoms. The summed E-state index contributed by atoms with van der Waals surface area (Å²) in [6, 6.07) is 6.56. The van der Waals surface area contributed by atoms with Gasteiger partial charge < -0.3 is 10.3 Å². The molecule has 1 aliphatic carbocycles. The smallest absolute Gasteiger partial charge is 0.113 e. The molecule has 1 aliphatic rings. The summed E-state index contributed by atoms with van der Waals surface area (Å²) in [4.78, 5) is 4.78. The molecule has 1 aromatic carbocycles. The van der Waals surface area contributed by atoms with Crippen molar-refractivity contribution in [2.45, 2.75) is 38.1 Å². The molecule has 1 aromatic heterocycles. The van der Waals surface area contributed by atoms with Gasteiger partial charge in [-0.1, -0.05) is 18.5 Å². The summed E-state index contributed by atoms with van der Waals surface area (Å²) in [5.41, 5.74) is 7.89. The average molecular weight is 264 g/mol. The fourth-order valence-electron chi connectivity index (χ4n) is 2.53. The Balaban J connectivity index is 2.15. The van der Waals surface area contributed by atoms with Crippen molar-refractivity contribution >= 4 is 22.6 Å². The van der Waals surface area contributed by atoms with Crippen molar-refractivity contribution in [2.75, 3.05) is 6.54 Å². The SMILES string of the molecule is CC(CCN)c1nc2ccc(Cl)cc2n1C1CC1. The van der Waals surface area contributed by atoms with E-state index in [1.807, 2.05) is 18.2 Å².